The molecule has 26 heavy (non-hydrogen) atoms. The highest BCUT2D eigenvalue weighted by molar-refractivity contribution is 6.03. The topological polar surface area (TPSA) is 71.1 Å². The van der Waals surface area contributed by atoms with E-state index in [4.69, 9.17) is 18.9 Å². The van der Waals surface area contributed by atoms with Gasteiger partial charge in [-0.25, -0.2) is 0 Å². The molecule has 140 valence electrons. The van der Waals surface area contributed by atoms with Gasteiger partial charge in [0.1, 0.15) is 11.6 Å². The molecule has 0 unspecified atom stereocenters. The Bertz CT molecular complexity index is 621. The van der Waals surface area contributed by atoms with Crippen molar-refractivity contribution < 1.29 is 28.5 Å². The second-order valence-corrected chi connectivity index (χ2v) is 8.04. The number of carbonyl (C=O) groups is 2. The van der Waals surface area contributed by atoms with E-state index in [2.05, 4.69) is 0 Å². The van der Waals surface area contributed by atoms with E-state index in [1.807, 2.05) is 24.3 Å². The SMILES string of the molecule is COC1(OC)[C@@H]2C=C[C@H]1[C@H]1C(=O)[C@@H]3[C@H](C(=O)[C@H]12)[C@@H]1C=C[C@H]3C1(OC)OC. The van der Waals surface area contributed by atoms with Crippen molar-refractivity contribution >= 4 is 11.6 Å². The fourth-order valence-corrected chi connectivity index (χ4v) is 6.95. The van der Waals surface area contributed by atoms with Gasteiger partial charge in [-0.1, -0.05) is 24.3 Å². The molecule has 0 radical (unpaired) electrons. The molecule has 0 aromatic rings. The van der Waals surface area contributed by atoms with Crippen molar-refractivity contribution in [3.05, 3.63) is 24.3 Å². The van der Waals surface area contributed by atoms with Crippen LogP contribution in [0.15, 0.2) is 24.3 Å². The first-order chi connectivity index (χ1) is 12.5. The van der Waals surface area contributed by atoms with Crippen LogP contribution in [0.1, 0.15) is 0 Å². The number of fused-ring (bicyclic) bond motifs is 10. The van der Waals surface area contributed by atoms with Gasteiger partial charge in [-0.3, -0.25) is 9.59 Å². The minimum absolute atomic E-state index is 0.130. The van der Waals surface area contributed by atoms with Gasteiger partial charge in [0.2, 0.25) is 0 Å². The summed E-state index contributed by atoms with van der Waals surface area (Å²) in [6.07, 6.45) is 7.97. The Balaban J connectivity index is 1.62. The van der Waals surface area contributed by atoms with E-state index in [0.29, 0.717) is 0 Å². The molecule has 5 aliphatic carbocycles. The van der Waals surface area contributed by atoms with E-state index in [-0.39, 0.29) is 35.2 Å². The summed E-state index contributed by atoms with van der Waals surface area (Å²) in [6.45, 7) is 0. The Labute approximate surface area is 152 Å². The Kier molecular flexibility index (Phi) is 3.32. The van der Waals surface area contributed by atoms with E-state index in [1.54, 1.807) is 28.4 Å². The predicted molar refractivity (Wildman–Crippen MR) is 89.7 cm³/mol. The summed E-state index contributed by atoms with van der Waals surface area (Å²) in [5.74, 6) is -4.04. The molecule has 0 aromatic heterocycles. The largest absolute Gasteiger partial charge is 0.352 e. The van der Waals surface area contributed by atoms with Crippen molar-refractivity contribution in [1.29, 1.82) is 0 Å². The van der Waals surface area contributed by atoms with Gasteiger partial charge in [0, 0.05) is 75.8 Å². The summed E-state index contributed by atoms with van der Waals surface area (Å²) in [6, 6.07) is 0. The van der Waals surface area contributed by atoms with Crippen LogP contribution in [-0.2, 0) is 28.5 Å². The van der Waals surface area contributed by atoms with E-state index in [1.165, 1.54) is 0 Å². The van der Waals surface area contributed by atoms with Gasteiger partial charge in [-0.15, -0.1) is 0 Å². The fraction of sp³-hybridized carbons (Fsp3) is 0.700. The van der Waals surface area contributed by atoms with Crippen molar-refractivity contribution in [2.24, 2.45) is 47.3 Å². The van der Waals surface area contributed by atoms with E-state index in [0.717, 1.165) is 0 Å². The number of ketones is 2. The average molecular weight is 360 g/mol. The van der Waals surface area contributed by atoms with Crippen LogP contribution in [0.5, 0.6) is 0 Å². The maximum absolute atomic E-state index is 13.6. The smallest absolute Gasteiger partial charge is 0.181 e. The molecule has 3 saturated carbocycles. The highest BCUT2D eigenvalue weighted by Crippen LogP contribution is 2.66. The monoisotopic (exact) mass is 360 g/mol. The summed E-state index contributed by atoms with van der Waals surface area (Å²) < 4.78 is 23.0. The van der Waals surface area contributed by atoms with Crippen LogP contribution in [0.25, 0.3) is 0 Å². The molecular weight excluding hydrogens is 336 g/mol. The standard InChI is InChI=1S/C20H24O6/c1-23-19(24-2)9-5-6-10(19)14-13(9)17(21)15-11-7-8-12(16(15)18(14)22)20(11,25-3)26-4/h5-16H,1-4H3/t9-,10+,11+,12-,13+,14-,15-,16+. The molecular formula is C20H24O6. The van der Waals surface area contributed by atoms with Crippen LogP contribution in [0.3, 0.4) is 0 Å². The molecule has 0 heterocycles. The third-order valence-electron chi connectivity index (χ3n) is 7.82. The molecule has 8 atom stereocenters. The van der Waals surface area contributed by atoms with Crippen LogP contribution in [0, 0.1) is 47.3 Å². The molecule has 5 rings (SSSR count). The van der Waals surface area contributed by atoms with Gasteiger partial charge in [0.15, 0.2) is 11.6 Å². The molecule has 0 spiro atoms. The minimum atomic E-state index is -0.911. The minimum Gasteiger partial charge on any atom is -0.352 e. The first kappa shape index (κ1) is 16.8. The molecule has 5 aliphatic rings. The quantitative estimate of drug-likeness (QED) is 0.554. The summed E-state index contributed by atoms with van der Waals surface area (Å²) in [5, 5.41) is 0. The number of methoxy groups -OCH3 is 4. The molecule has 3 fully saturated rings. The molecule has 0 saturated heterocycles. The predicted octanol–water partition coefficient (Wildman–Crippen LogP) is 1.21. The molecule has 6 heteroatoms. The third kappa shape index (κ3) is 1.48. The molecule has 0 aliphatic heterocycles. The Morgan fingerprint density at radius 3 is 1.00 bits per heavy atom. The Hall–Kier alpha value is -1.34. The van der Waals surface area contributed by atoms with Crippen LogP contribution < -0.4 is 0 Å². The maximum Gasteiger partial charge on any atom is 0.181 e. The summed E-state index contributed by atoms with van der Waals surface area (Å²) >= 11 is 0. The number of ether oxygens (including phenoxy) is 4. The number of rotatable bonds is 4. The molecule has 6 nitrogen and oxygen atoms in total. The zero-order valence-corrected chi connectivity index (χ0v) is 15.4. The van der Waals surface area contributed by atoms with Crippen molar-refractivity contribution in [1.82, 2.24) is 0 Å². The number of hydrogen-bond donors (Lipinski definition) is 0. The summed E-state index contributed by atoms with van der Waals surface area (Å²) in [4.78, 5) is 27.2. The van der Waals surface area contributed by atoms with Crippen LogP contribution >= 0.6 is 0 Å². The Morgan fingerprint density at radius 1 is 0.577 bits per heavy atom. The van der Waals surface area contributed by atoms with Gasteiger partial charge in [-0.05, 0) is 0 Å². The zero-order valence-electron chi connectivity index (χ0n) is 15.4. The van der Waals surface area contributed by atoms with E-state index in [9.17, 15) is 9.59 Å². The highest BCUT2D eigenvalue weighted by atomic mass is 16.7. The van der Waals surface area contributed by atoms with Crippen molar-refractivity contribution in [3.8, 4) is 0 Å². The average Bonchev–Trinajstić information content (AvgIpc) is 3.38. The lowest BCUT2D eigenvalue weighted by Gasteiger charge is -2.39. The summed E-state index contributed by atoms with van der Waals surface area (Å²) in [5.41, 5.74) is 0. The molecule has 4 bridgehead atoms. The lowest BCUT2D eigenvalue weighted by atomic mass is 9.60. The van der Waals surface area contributed by atoms with Gasteiger partial charge in [0.05, 0.1) is 0 Å². The van der Waals surface area contributed by atoms with Gasteiger partial charge >= 0.3 is 0 Å². The first-order valence-electron chi connectivity index (χ1n) is 9.17. The summed E-state index contributed by atoms with van der Waals surface area (Å²) in [7, 11) is 6.37. The van der Waals surface area contributed by atoms with E-state index >= 15 is 0 Å². The van der Waals surface area contributed by atoms with Crippen molar-refractivity contribution in [2.45, 2.75) is 11.6 Å². The lowest BCUT2D eigenvalue weighted by molar-refractivity contribution is -0.236. The van der Waals surface area contributed by atoms with Gasteiger partial charge < -0.3 is 18.9 Å². The number of carbonyl (C=O) groups excluding carboxylic acids is 2. The first-order valence-corrected chi connectivity index (χ1v) is 9.17. The van der Waals surface area contributed by atoms with Gasteiger partial charge in [0.25, 0.3) is 0 Å². The second kappa shape index (κ2) is 5.13. The van der Waals surface area contributed by atoms with Crippen LogP contribution in [0.2, 0.25) is 0 Å². The Morgan fingerprint density at radius 2 is 0.808 bits per heavy atom. The fourth-order valence-electron chi connectivity index (χ4n) is 6.95. The van der Waals surface area contributed by atoms with E-state index < -0.39 is 35.2 Å². The normalized spacial score (nSPS) is 48.3. The highest BCUT2D eigenvalue weighted by Gasteiger charge is 2.76. The zero-order chi connectivity index (χ0) is 18.4. The number of Topliss-reactive ketones (excluding diaryl/α,β-unsaturated/α-hetero) is 2. The van der Waals surface area contributed by atoms with Crippen LogP contribution in [-0.4, -0.2) is 51.6 Å². The lowest BCUT2D eigenvalue weighted by Crippen LogP contribution is -2.50. The molecule has 0 amide bonds. The van der Waals surface area contributed by atoms with Crippen molar-refractivity contribution in [3.63, 3.8) is 0 Å². The van der Waals surface area contributed by atoms with Crippen molar-refractivity contribution in [2.75, 3.05) is 28.4 Å². The van der Waals surface area contributed by atoms with Gasteiger partial charge in [-0.2, -0.15) is 0 Å². The molecule has 0 aromatic carbocycles. The molecule has 0 N–H and O–H groups in total. The second-order valence-electron chi connectivity index (χ2n) is 8.04. The number of hydrogen-bond acceptors (Lipinski definition) is 6. The van der Waals surface area contributed by atoms with Crippen LogP contribution in [0.4, 0.5) is 0 Å². The third-order valence-corrected chi connectivity index (χ3v) is 7.82. The maximum atomic E-state index is 13.6.